The molecular weight excluding hydrogens is 134 g/mol. The Bertz CT molecular complexity index is 160. The fourth-order valence-corrected chi connectivity index (χ4v) is 2.14. The van der Waals surface area contributed by atoms with E-state index in [2.05, 4.69) is 6.07 Å². The predicted molar refractivity (Wildman–Crippen MR) is 43.8 cm³/mol. The van der Waals surface area contributed by atoms with E-state index in [0.717, 1.165) is 24.2 Å². The predicted octanol–water partition coefficient (Wildman–Crippen LogP) is 2.73. The van der Waals surface area contributed by atoms with Crippen LogP contribution in [-0.2, 0) is 0 Å². The lowest BCUT2D eigenvalue weighted by molar-refractivity contribution is 0.382. The van der Waals surface area contributed by atoms with E-state index in [1.807, 2.05) is 0 Å². The molecule has 0 aromatic carbocycles. The molecule has 2 aliphatic rings. The average molecular weight is 149 g/mol. The van der Waals surface area contributed by atoms with Gasteiger partial charge in [-0.1, -0.05) is 0 Å². The quantitative estimate of drug-likeness (QED) is 0.603. The molecule has 0 amide bonds. The van der Waals surface area contributed by atoms with E-state index in [1.54, 1.807) is 0 Å². The molecule has 0 spiro atoms. The molecule has 0 aromatic rings. The summed E-state index contributed by atoms with van der Waals surface area (Å²) in [7, 11) is 0. The van der Waals surface area contributed by atoms with Gasteiger partial charge in [0.15, 0.2) is 0 Å². The van der Waals surface area contributed by atoms with E-state index >= 15 is 0 Å². The van der Waals surface area contributed by atoms with E-state index < -0.39 is 0 Å². The molecule has 60 valence electrons. The zero-order valence-electron chi connectivity index (χ0n) is 6.92. The molecule has 2 rings (SSSR count). The van der Waals surface area contributed by atoms with Crippen LogP contribution in [0.4, 0.5) is 0 Å². The van der Waals surface area contributed by atoms with Crippen molar-refractivity contribution in [2.75, 3.05) is 0 Å². The maximum absolute atomic E-state index is 8.47. The second-order valence-corrected chi connectivity index (χ2v) is 4.04. The normalized spacial score (nSPS) is 23.6. The third-order valence-corrected chi connectivity index (χ3v) is 3.04. The van der Waals surface area contributed by atoms with Gasteiger partial charge in [0, 0.05) is 6.42 Å². The van der Waals surface area contributed by atoms with Gasteiger partial charge >= 0.3 is 0 Å². The van der Waals surface area contributed by atoms with Crippen molar-refractivity contribution >= 4 is 0 Å². The van der Waals surface area contributed by atoms with Gasteiger partial charge in [0.1, 0.15) is 0 Å². The summed E-state index contributed by atoms with van der Waals surface area (Å²) >= 11 is 0. The summed E-state index contributed by atoms with van der Waals surface area (Å²) < 4.78 is 0. The van der Waals surface area contributed by atoms with Gasteiger partial charge in [-0.05, 0) is 49.9 Å². The summed E-state index contributed by atoms with van der Waals surface area (Å²) in [4.78, 5) is 0. The van der Waals surface area contributed by atoms with Crippen LogP contribution in [0, 0.1) is 29.1 Å². The molecule has 0 radical (unpaired) electrons. The second-order valence-electron chi connectivity index (χ2n) is 4.04. The molecular formula is C10H15N. The van der Waals surface area contributed by atoms with E-state index in [9.17, 15) is 0 Å². The van der Waals surface area contributed by atoms with Crippen molar-refractivity contribution in [1.82, 2.24) is 0 Å². The molecule has 0 aromatic heterocycles. The Labute approximate surface area is 68.4 Å². The zero-order chi connectivity index (χ0) is 7.68. The summed E-state index contributed by atoms with van der Waals surface area (Å²) in [6.45, 7) is 0. The molecule has 1 nitrogen and oxygen atoms in total. The Hall–Kier alpha value is -0.510. The zero-order valence-corrected chi connectivity index (χ0v) is 6.92. The smallest absolute Gasteiger partial charge is 0.0621 e. The largest absolute Gasteiger partial charge is 0.198 e. The first kappa shape index (κ1) is 7.16. The summed E-state index contributed by atoms with van der Waals surface area (Å²) in [6.07, 6.45) is 7.78. The first-order valence-electron chi connectivity index (χ1n) is 4.79. The van der Waals surface area contributed by atoms with E-state index in [-0.39, 0.29) is 0 Å². The van der Waals surface area contributed by atoms with E-state index in [1.165, 1.54) is 32.1 Å². The minimum absolute atomic E-state index is 0.789. The summed E-state index contributed by atoms with van der Waals surface area (Å²) in [5, 5.41) is 8.47. The van der Waals surface area contributed by atoms with Crippen LogP contribution in [0.2, 0.25) is 0 Å². The van der Waals surface area contributed by atoms with Crippen molar-refractivity contribution in [2.24, 2.45) is 17.8 Å². The lowest BCUT2D eigenvalue weighted by atomic mass is 9.93. The molecule has 2 aliphatic carbocycles. The number of rotatable bonds is 4. The monoisotopic (exact) mass is 149 g/mol. The van der Waals surface area contributed by atoms with Crippen molar-refractivity contribution < 1.29 is 0 Å². The van der Waals surface area contributed by atoms with Gasteiger partial charge in [0.2, 0.25) is 0 Å². The lowest BCUT2D eigenvalue weighted by Gasteiger charge is -2.11. The Morgan fingerprint density at radius 1 is 1.18 bits per heavy atom. The van der Waals surface area contributed by atoms with E-state index in [0.29, 0.717) is 0 Å². The minimum Gasteiger partial charge on any atom is -0.198 e. The molecule has 0 aliphatic heterocycles. The van der Waals surface area contributed by atoms with Crippen LogP contribution in [0.5, 0.6) is 0 Å². The fraction of sp³-hybridized carbons (Fsp3) is 0.900. The highest BCUT2D eigenvalue weighted by atomic mass is 14.5. The van der Waals surface area contributed by atoms with E-state index in [4.69, 9.17) is 5.26 Å². The molecule has 0 atom stereocenters. The Morgan fingerprint density at radius 2 is 1.73 bits per heavy atom. The van der Waals surface area contributed by atoms with Crippen LogP contribution < -0.4 is 0 Å². The van der Waals surface area contributed by atoms with Gasteiger partial charge < -0.3 is 0 Å². The fourth-order valence-electron chi connectivity index (χ4n) is 2.14. The maximum atomic E-state index is 8.47. The Morgan fingerprint density at radius 3 is 2.09 bits per heavy atom. The molecule has 2 fully saturated rings. The van der Waals surface area contributed by atoms with Crippen LogP contribution in [0.3, 0.4) is 0 Å². The lowest BCUT2D eigenvalue weighted by Crippen LogP contribution is -2.04. The van der Waals surface area contributed by atoms with Gasteiger partial charge in [-0.3, -0.25) is 0 Å². The molecule has 1 heteroatoms. The molecule has 2 saturated carbocycles. The third-order valence-electron chi connectivity index (χ3n) is 3.04. The molecule has 0 heterocycles. The SMILES string of the molecule is N#CCCC(C1CC1)C1CC1. The molecule has 11 heavy (non-hydrogen) atoms. The Balaban J connectivity index is 1.78. The first-order valence-corrected chi connectivity index (χ1v) is 4.79. The molecule has 0 bridgehead atoms. The summed E-state index contributed by atoms with van der Waals surface area (Å²) in [6, 6.07) is 2.26. The van der Waals surface area contributed by atoms with Crippen molar-refractivity contribution in [2.45, 2.75) is 38.5 Å². The van der Waals surface area contributed by atoms with Crippen LogP contribution in [0.25, 0.3) is 0 Å². The number of hydrogen-bond acceptors (Lipinski definition) is 1. The Kier molecular flexibility index (Phi) is 1.85. The standard InChI is InChI=1S/C10H15N/c11-7-1-2-10(8-3-4-8)9-5-6-9/h8-10H,1-6H2. The first-order chi connectivity index (χ1) is 5.42. The maximum Gasteiger partial charge on any atom is 0.0621 e. The number of nitriles is 1. The van der Waals surface area contributed by atoms with Gasteiger partial charge in [0.25, 0.3) is 0 Å². The summed E-state index contributed by atoms with van der Waals surface area (Å²) in [5.74, 6) is 2.99. The second kappa shape index (κ2) is 2.85. The minimum atomic E-state index is 0.789. The topological polar surface area (TPSA) is 23.8 Å². The van der Waals surface area contributed by atoms with Crippen molar-refractivity contribution in [3.8, 4) is 6.07 Å². The highest BCUT2D eigenvalue weighted by molar-refractivity contribution is 4.92. The highest BCUT2D eigenvalue weighted by Crippen LogP contribution is 2.50. The van der Waals surface area contributed by atoms with Gasteiger partial charge in [-0.25, -0.2) is 0 Å². The van der Waals surface area contributed by atoms with Gasteiger partial charge in [-0.2, -0.15) is 5.26 Å². The highest BCUT2D eigenvalue weighted by Gasteiger charge is 2.40. The van der Waals surface area contributed by atoms with Crippen molar-refractivity contribution in [3.05, 3.63) is 0 Å². The number of nitrogens with zero attached hydrogens (tertiary/aromatic N) is 1. The third kappa shape index (κ3) is 1.74. The molecule has 0 N–H and O–H groups in total. The van der Waals surface area contributed by atoms with Crippen molar-refractivity contribution in [3.63, 3.8) is 0 Å². The van der Waals surface area contributed by atoms with Crippen LogP contribution >= 0.6 is 0 Å². The average Bonchev–Trinajstić information content (AvgIpc) is 2.85. The van der Waals surface area contributed by atoms with Crippen LogP contribution in [-0.4, -0.2) is 0 Å². The summed E-state index contributed by atoms with van der Waals surface area (Å²) in [5.41, 5.74) is 0. The van der Waals surface area contributed by atoms with Crippen LogP contribution in [0.15, 0.2) is 0 Å². The van der Waals surface area contributed by atoms with Gasteiger partial charge in [0.05, 0.1) is 6.07 Å². The van der Waals surface area contributed by atoms with Crippen molar-refractivity contribution in [1.29, 1.82) is 5.26 Å². The molecule has 0 unspecified atom stereocenters. The molecule has 0 saturated heterocycles. The number of hydrogen-bond donors (Lipinski definition) is 0. The van der Waals surface area contributed by atoms with Gasteiger partial charge in [-0.15, -0.1) is 0 Å². The van der Waals surface area contributed by atoms with Crippen LogP contribution in [0.1, 0.15) is 38.5 Å².